The third-order valence-corrected chi connectivity index (χ3v) is 8.25. The number of aliphatic hydroxyl groups excluding tert-OH is 1. The highest BCUT2D eigenvalue weighted by Crippen LogP contribution is 2.14. The van der Waals surface area contributed by atoms with Crippen LogP contribution in [-0.2, 0) is 14.9 Å². The van der Waals surface area contributed by atoms with E-state index in [1.54, 1.807) is 0 Å². The number of hydrogen-bond acceptors (Lipinski definition) is 4. The number of carbonyl (C=O) groups is 1. The molecule has 0 aromatic rings. The van der Waals surface area contributed by atoms with E-state index in [1.165, 1.54) is 96.3 Å². The number of amides is 1. The predicted octanol–water partition coefficient (Wildman–Crippen LogP) is 8.68. The maximum atomic E-state index is 12.4. The van der Waals surface area contributed by atoms with Crippen molar-refractivity contribution in [2.45, 2.75) is 180 Å². The Morgan fingerprint density at radius 1 is 0.667 bits per heavy atom. The summed E-state index contributed by atoms with van der Waals surface area (Å²) in [5, 5.41) is 13.1. The van der Waals surface area contributed by atoms with Gasteiger partial charge in [0.2, 0.25) is 5.91 Å². The zero-order valence-electron chi connectivity index (χ0n) is 25.5. The molecular formula is C32H63NO5S. The van der Waals surface area contributed by atoms with Crippen LogP contribution < -0.4 is 5.32 Å². The van der Waals surface area contributed by atoms with Crippen LogP contribution in [0.1, 0.15) is 168 Å². The molecule has 3 N–H and O–H groups in total. The SMILES string of the molecule is CCCCCCCCC/C=C\CCCCCCCCCC(=O)NC(CS(=O)(=O)O)C(O)CCCCCCCC. The van der Waals surface area contributed by atoms with Gasteiger partial charge in [0, 0.05) is 6.42 Å². The normalized spacial score (nSPS) is 13.6. The van der Waals surface area contributed by atoms with Crippen molar-refractivity contribution in [3.8, 4) is 0 Å². The van der Waals surface area contributed by atoms with Crippen LogP contribution in [0.25, 0.3) is 0 Å². The minimum atomic E-state index is -4.29. The first-order chi connectivity index (χ1) is 18.8. The van der Waals surface area contributed by atoms with Gasteiger partial charge in [0.15, 0.2) is 0 Å². The summed E-state index contributed by atoms with van der Waals surface area (Å²) in [7, 11) is -4.29. The Morgan fingerprint density at radius 2 is 1.08 bits per heavy atom. The molecule has 1 amide bonds. The van der Waals surface area contributed by atoms with Crippen LogP contribution in [-0.4, -0.2) is 41.9 Å². The maximum Gasteiger partial charge on any atom is 0.266 e. The van der Waals surface area contributed by atoms with E-state index in [9.17, 15) is 22.9 Å². The molecule has 0 heterocycles. The van der Waals surface area contributed by atoms with Gasteiger partial charge < -0.3 is 10.4 Å². The van der Waals surface area contributed by atoms with E-state index in [0.717, 1.165) is 44.9 Å². The van der Waals surface area contributed by atoms with E-state index >= 15 is 0 Å². The lowest BCUT2D eigenvalue weighted by molar-refractivity contribution is -0.122. The second-order valence-electron chi connectivity index (χ2n) is 11.4. The summed E-state index contributed by atoms with van der Waals surface area (Å²) >= 11 is 0. The Labute approximate surface area is 241 Å². The van der Waals surface area contributed by atoms with Crippen molar-refractivity contribution in [1.29, 1.82) is 0 Å². The second kappa shape index (κ2) is 27.3. The monoisotopic (exact) mass is 573 g/mol. The van der Waals surface area contributed by atoms with Gasteiger partial charge in [0.25, 0.3) is 10.1 Å². The van der Waals surface area contributed by atoms with Crippen molar-refractivity contribution in [3.63, 3.8) is 0 Å². The average Bonchev–Trinajstić information content (AvgIpc) is 2.88. The number of nitrogens with one attached hydrogen (secondary N) is 1. The molecule has 0 spiro atoms. The van der Waals surface area contributed by atoms with E-state index in [2.05, 4.69) is 31.3 Å². The van der Waals surface area contributed by atoms with E-state index < -0.39 is 28.0 Å². The molecule has 0 saturated heterocycles. The molecule has 0 radical (unpaired) electrons. The fraction of sp³-hybridized carbons (Fsp3) is 0.906. The van der Waals surface area contributed by atoms with E-state index in [4.69, 9.17) is 0 Å². The smallest absolute Gasteiger partial charge is 0.266 e. The van der Waals surface area contributed by atoms with Crippen LogP contribution in [0.5, 0.6) is 0 Å². The molecule has 0 aliphatic carbocycles. The van der Waals surface area contributed by atoms with Gasteiger partial charge in [0.1, 0.15) is 0 Å². The third kappa shape index (κ3) is 28.4. The molecule has 0 aromatic heterocycles. The molecule has 2 atom stereocenters. The fourth-order valence-electron chi connectivity index (χ4n) is 4.98. The Kier molecular flexibility index (Phi) is 26.6. The van der Waals surface area contributed by atoms with E-state index in [0.29, 0.717) is 12.8 Å². The molecule has 0 aliphatic rings. The molecule has 0 rings (SSSR count). The van der Waals surface area contributed by atoms with Crippen LogP contribution in [0, 0.1) is 0 Å². The minimum absolute atomic E-state index is 0.256. The quantitative estimate of drug-likeness (QED) is 0.0472. The summed E-state index contributed by atoms with van der Waals surface area (Å²) in [5.74, 6) is -0.904. The number of hydrogen-bond donors (Lipinski definition) is 3. The van der Waals surface area contributed by atoms with Crippen LogP contribution in [0.3, 0.4) is 0 Å². The van der Waals surface area contributed by atoms with Crippen molar-refractivity contribution in [3.05, 3.63) is 12.2 Å². The molecule has 0 fully saturated rings. The first-order valence-corrected chi connectivity index (χ1v) is 18.0. The third-order valence-electron chi connectivity index (χ3n) is 7.47. The molecule has 2 unspecified atom stereocenters. The van der Waals surface area contributed by atoms with E-state index in [1.807, 2.05) is 0 Å². The lowest BCUT2D eigenvalue weighted by Gasteiger charge is -2.23. The standard InChI is InChI=1S/C32H63NO5S/c1-3-5-7-9-11-12-13-14-15-16-17-18-19-20-21-22-24-26-28-32(35)33-30(29-39(36,37)38)31(34)27-25-23-10-8-6-4-2/h15-16,30-31,34H,3-14,17-29H2,1-2H3,(H,33,35)(H,36,37,38)/b16-15-. The topological polar surface area (TPSA) is 104 Å². The number of carbonyl (C=O) groups excluding carboxylic acids is 1. The van der Waals surface area contributed by atoms with Gasteiger partial charge in [-0.05, 0) is 38.5 Å². The highest BCUT2D eigenvalue weighted by atomic mass is 32.2. The van der Waals surface area contributed by atoms with Gasteiger partial charge in [-0.3, -0.25) is 9.35 Å². The van der Waals surface area contributed by atoms with Gasteiger partial charge >= 0.3 is 0 Å². The summed E-state index contributed by atoms with van der Waals surface area (Å²) < 4.78 is 32.1. The van der Waals surface area contributed by atoms with Gasteiger partial charge in [-0.2, -0.15) is 8.42 Å². The lowest BCUT2D eigenvalue weighted by Crippen LogP contribution is -2.47. The largest absolute Gasteiger partial charge is 0.391 e. The molecule has 0 aromatic carbocycles. The Bertz CT molecular complexity index is 680. The van der Waals surface area contributed by atoms with Crippen molar-refractivity contribution in [2.24, 2.45) is 0 Å². The summed E-state index contributed by atoms with van der Waals surface area (Å²) in [6.07, 6.45) is 30.5. The average molecular weight is 574 g/mol. The Morgan fingerprint density at radius 3 is 1.54 bits per heavy atom. The molecular weight excluding hydrogens is 510 g/mol. The van der Waals surface area contributed by atoms with E-state index in [-0.39, 0.29) is 5.91 Å². The minimum Gasteiger partial charge on any atom is -0.391 e. The molecule has 0 saturated carbocycles. The first-order valence-electron chi connectivity index (χ1n) is 16.4. The van der Waals surface area contributed by atoms with Crippen molar-refractivity contribution in [1.82, 2.24) is 5.32 Å². The van der Waals surface area contributed by atoms with Gasteiger partial charge in [-0.15, -0.1) is 0 Å². The van der Waals surface area contributed by atoms with Gasteiger partial charge in [0.05, 0.1) is 17.9 Å². The molecule has 0 aliphatic heterocycles. The molecule has 7 heteroatoms. The number of aliphatic hydroxyl groups is 1. The summed E-state index contributed by atoms with van der Waals surface area (Å²) in [4.78, 5) is 12.4. The van der Waals surface area contributed by atoms with Crippen LogP contribution >= 0.6 is 0 Å². The summed E-state index contributed by atoms with van der Waals surface area (Å²) in [6.45, 7) is 4.42. The van der Waals surface area contributed by atoms with Gasteiger partial charge in [-0.1, -0.05) is 135 Å². The first kappa shape index (κ1) is 38.1. The van der Waals surface area contributed by atoms with Crippen LogP contribution in [0.2, 0.25) is 0 Å². The van der Waals surface area contributed by atoms with Crippen LogP contribution in [0.15, 0.2) is 12.2 Å². The molecule has 39 heavy (non-hydrogen) atoms. The number of allylic oxidation sites excluding steroid dienone is 2. The zero-order chi connectivity index (χ0) is 29.0. The Hall–Kier alpha value is -0.920. The fourth-order valence-corrected chi connectivity index (χ4v) is 5.74. The summed E-state index contributed by atoms with van der Waals surface area (Å²) in [6, 6.07) is -0.965. The number of unbranched alkanes of at least 4 members (excludes halogenated alkanes) is 19. The highest BCUT2D eigenvalue weighted by Gasteiger charge is 2.26. The van der Waals surface area contributed by atoms with Crippen LogP contribution in [0.4, 0.5) is 0 Å². The lowest BCUT2D eigenvalue weighted by atomic mass is 10.0. The maximum absolute atomic E-state index is 12.4. The molecule has 6 nitrogen and oxygen atoms in total. The number of rotatable bonds is 29. The van der Waals surface area contributed by atoms with Crippen molar-refractivity contribution in [2.75, 3.05) is 5.75 Å². The Balaban J connectivity index is 3.83. The zero-order valence-corrected chi connectivity index (χ0v) is 26.3. The molecule has 232 valence electrons. The molecule has 0 bridgehead atoms. The predicted molar refractivity (Wildman–Crippen MR) is 166 cm³/mol. The second-order valence-corrected chi connectivity index (χ2v) is 12.9. The summed E-state index contributed by atoms with van der Waals surface area (Å²) in [5.41, 5.74) is 0. The highest BCUT2D eigenvalue weighted by molar-refractivity contribution is 7.85. The van der Waals surface area contributed by atoms with Crippen molar-refractivity contribution >= 4 is 16.0 Å². The van der Waals surface area contributed by atoms with Crippen molar-refractivity contribution < 1.29 is 22.9 Å². The van der Waals surface area contributed by atoms with Gasteiger partial charge in [-0.25, -0.2) is 0 Å².